The molecule has 0 aliphatic heterocycles. The molecule has 0 bridgehead atoms. The summed E-state index contributed by atoms with van der Waals surface area (Å²) in [6.45, 7) is 9.22. The van der Waals surface area contributed by atoms with Crippen molar-refractivity contribution in [3.05, 3.63) is 77.6 Å². The van der Waals surface area contributed by atoms with Crippen LogP contribution in [0.1, 0.15) is 33.7 Å². The molecule has 2 aromatic carbocycles. The molecule has 4 heteroatoms. The van der Waals surface area contributed by atoms with Crippen molar-refractivity contribution >= 4 is 16.9 Å². The fourth-order valence-corrected chi connectivity index (χ4v) is 3.26. The van der Waals surface area contributed by atoms with Gasteiger partial charge in [-0.1, -0.05) is 35.9 Å². The van der Waals surface area contributed by atoms with E-state index in [-0.39, 0.29) is 5.91 Å². The van der Waals surface area contributed by atoms with Gasteiger partial charge in [0.1, 0.15) is 5.82 Å². The Morgan fingerprint density at radius 3 is 2.81 bits per heavy atom. The lowest BCUT2D eigenvalue weighted by Gasteiger charge is -2.09. The second kappa shape index (κ2) is 8.00. The number of imidazole rings is 1. The average Bonchev–Trinajstić information content (AvgIpc) is 2.97. The summed E-state index contributed by atoms with van der Waals surface area (Å²) >= 11 is 0. The Morgan fingerprint density at radius 2 is 2.04 bits per heavy atom. The fourth-order valence-electron chi connectivity index (χ4n) is 3.26. The summed E-state index contributed by atoms with van der Waals surface area (Å²) in [5, 5.41) is 3.02. The van der Waals surface area contributed by atoms with Gasteiger partial charge in [-0.3, -0.25) is 4.79 Å². The van der Waals surface area contributed by atoms with Crippen molar-refractivity contribution in [2.75, 3.05) is 6.54 Å². The van der Waals surface area contributed by atoms with Gasteiger partial charge in [0.15, 0.2) is 0 Å². The predicted octanol–water partition coefficient (Wildman–Crippen LogP) is 4.20. The van der Waals surface area contributed by atoms with Gasteiger partial charge in [0, 0.05) is 25.1 Å². The van der Waals surface area contributed by atoms with Crippen molar-refractivity contribution in [1.82, 2.24) is 14.9 Å². The number of rotatable bonds is 7. The van der Waals surface area contributed by atoms with Crippen LogP contribution in [0.3, 0.4) is 0 Å². The molecule has 4 nitrogen and oxygen atoms in total. The van der Waals surface area contributed by atoms with Gasteiger partial charge in [0.2, 0.25) is 0 Å². The van der Waals surface area contributed by atoms with E-state index in [1.807, 2.05) is 56.3 Å². The maximum Gasteiger partial charge on any atom is 0.251 e. The third kappa shape index (κ3) is 3.85. The number of amides is 1. The highest BCUT2D eigenvalue weighted by atomic mass is 16.1. The molecule has 0 aliphatic rings. The van der Waals surface area contributed by atoms with Gasteiger partial charge in [-0.05, 0) is 44.0 Å². The Balaban J connectivity index is 1.61. The van der Waals surface area contributed by atoms with Crippen molar-refractivity contribution in [3.63, 3.8) is 0 Å². The van der Waals surface area contributed by atoms with Crippen molar-refractivity contribution in [2.45, 2.75) is 33.2 Å². The fraction of sp³-hybridized carbons (Fsp3) is 0.273. The van der Waals surface area contributed by atoms with E-state index in [9.17, 15) is 4.79 Å². The highest BCUT2D eigenvalue weighted by Gasteiger charge is 2.11. The molecule has 0 saturated carbocycles. The number of benzene rings is 2. The van der Waals surface area contributed by atoms with Gasteiger partial charge in [-0.25, -0.2) is 4.98 Å². The second-order valence-corrected chi connectivity index (χ2v) is 6.59. The number of nitrogens with one attached hydrogen (secondary N) is 1. The molecule has 1 aromatic heterocycles. The molecule has 1 heterocycles. The molecule has 0 radical (unpaired) electrons. The third-order valence-electron chi connectivity index (χ3n) is 4.53. The number of hydrogen-bond donors (Lipinski definition) is 1. The van der Waals surface area contributed by atoms with Crippen LogP contribution in [-0.2, 0) is 13.0 Å². The summed E-state index contributed by atoms with van der Waals surface area (Å²) in [6, 6.07) is 14.0. The minimum absolute atomic E-state index is 0.0119. The number of carbonyl (C=O) groups is 1. The Kier molecular flexibility index (Phi) is 5.52. The molecule has 0 aliphatic carbocycles. The van der Waals surface area contributed by atoms with Crippen LogP contribution in [0.15, 0.2) is 55.1 Å². The van der Waals surface area contributed by atoms with Crippen LogP contribution < -0.4 is 5.32 Å². The van der Waals surface area contributed by atoms with Crippen molar-refractivity contribution in [2.24, 2.45) is 0 Å². The first-order chi connectivity index (χ1) is 12.6. The van der Waals surface area contributed by atoms with Crippen LogP contribution in [0.25, 0.3) is 11.0 Å². The number of allylic oxidation sites excluding steroid dienone is 1. The van der Waals surface area contributed by atoms with E-state index in [2.05, 4.69) is 22.5 Å². The summed E-state index contributed by atoms with van der Waals surface area (Å²) in [6.07, 6.45) is 3.55. The molecule has 0 unspecified atom stereocenters. The summed E-state index contributed by atoms with van der Waals surface area (Å²) < 4.78 is 2.19. The number of aryl methyl sites for hydroxylation is 3. The first kappa shape index (κ1) is 17.9. The molecule has 1 amide bonds. The molecular formula is C22H25N3O. The quantitative estimate of drug-likeness (QED) is 0.514. The lowest BCUT2D eigenvalue weighted by Crippen LogP contribution is -2.25. The Morgan fingerprint density at radius 1 is 1.23 bits per heavy atom. The summed E-state index contributed by atoms with van der Waals surface area (Å²) in [5.74, 6) is 1.02. The smallest absolute Gasteiger partial charge is 0.251 e. The van der Waals surface area contributed by atoms with Gasteiger partial charge in [0.25, 0.3) is 5.91 Å². The maximum atomic E-state index is 12.4. The topological polar surface area (TPSA) is 46.9 Å². The highest BCUT2D eigenvalue weighted by molar-refractivity contribution is 5.95. The largest absolute Gasteiger partial charge is 0.352 e. The highest BCUT2D eigenvalue weighted by Crippen LogP contribution is 2.17. The molecule has 0 spiro atoms. The van der Waals surface area contributed by atoms with Crippen LogP contribution in [0, 0.1) is 13.8 Å². The van der Waals surface area contributed by atoms with Gasteiger partial charge in [0.05, 0.1) is 11.0 Å². The number of aromatic nitrogens is 2. The first-order valence-corrected chi connectivity index (χ1v) is 9.00. The van der Waals surface area contributed by atoms with Gasteiger partial charge < -0.3 is 9.88 Å². The van der Waals surface area contributed by atoms with Crippen LogP contribution >= 0.6 is 0 Å². The predicted molar refractivity (Wildman–Crippen MR) is 107 cm³/mol. The maximum absolute atomic E-state index is 12.4. The standard InChI is InChI=1S/C22H25N3O/c1-4-14-25-20-9-6-5-8-19(20)24-21(25)10-7-13-23-22(26)18-12-11-16(2)15-17(18)3/h4-6,8-9,11-12,15H,1,7,10,13-14H2,2-3H3,(H,23,26). The number of nitrogens with zero attached hydrogens (tertiary/aromatic N) is 2. The number of hydrogen-bond acceptors (Lipinski definition) is 2. The normalized spacial score (nSPS) is 10.8. The van der Waals surface area contributed by atoms with E-state index in [1.165, 1.54) is 5.56 Å². The molecule has 1 N–H and O–H groups in total. The minimum Gasteiger partial charge on any atom is -0.352 e. The first-order valence-electron chi connectivity index (χ1n) is 9.00. The lowest BCUT2D eigenvalue weighted by atomic mass is 10.1. The van der Waals surface area contributed by atoms with E-state index in [0.29, 0.717) is 6.54 Å². The SMILES string of the molecule is C=CCn1c(CCCNC(=O)c2ccc(C)cc2C)nc2ccccc21. The van der Waals surface area contributed by atoms with Crippen molar-refractivity contribution in [3.8, 4) is 0 Å². The zero-order chi connectivity index (χ0) is 18.5. The van der Waals surface area contributed by atoms with Crippen LogP contribution in [-0.4, -0.2) is 22.0 Å². The molecule has 134 valence electrons. The zero-order valence-electron chi connectivity index (χ0n) is 15.5. The summed E-state index contributed by atoms with van der Waals surface area (Å²) in [4.78, 5) is 17.1. The van der Waals surface area contributed by atoms with Crippen molar-refractivity contribution < 1.29 is 4.79 Å². The van der Waals surface area contributed by atoms with Crippen molar-refractivity contribution in [1.29, 1.82) is 0 Å². The van der Waals surface area contributed by atoms with E-state index >= 15 is 0 Å². The molecular weight excluding hydrogens is 322 g/mol. The second-order valence-electron chi connectivity index (χ2n) is 6.59. The summed E-state index contributed by atoms with van der Waals surface area (Å²) in [5.41, 5.74) is 5.05. The lowest BCUT2D eigenvalue weighted by molar-refractivity contribution is 0.0952. The Hall–Kier alpha value is -2.88. The number of fused-ring (bicyclic) bond motifs is 1. The van der Waals surface area contributed by atoms with Gasteiger partial charge in [-0.15, -0.1) is 6.58 Å². The minimum atomic E-state index is -0.0119. The van der Waals surface area contributed by atoms with E-state index in [4.69, 9.17) is 4.98 Å². The Bertz CT molecular complexity index is 940. The monoisotopic (exact) mass is 347 g/mol. The van der Waals surface area contributed by atoms with Crippen LogP contribution in [0.5, 0.6) is 0 Å². The van der Waals surface area contributed by atoms with E-state index in [1.54, 1.807) is 0 Å². The molecule has 0 saturated heterocycles. The molecule has 3 rings (SSSR count). The average molecular weight is 347 g/mol. The molecule has 0 atom stereocenters. The molecule has 3 aromatic rings. The van der Waals surface area contributed by atoms with Crippen LogP contribution in [0.4, 0.5) is 0 Å². The Labute approximate surface area is 154 Å². The van der Waals surface area contributed by atoms with Gasteiger partial charge in [-0.2, -0.15) is 0 Å². The number of carbonyl (C=O) groups excluding carboxylic acids is 1. The molecule has 0 fully saturated rings. The number of para-hydroxylation sites is 2. The van der Waals surface area contributed by atoms with E-state index < -0.39 is 0 Å². The van der Waals surface area contributed by atoms with E-state index in [0.717, 1.165) is 47.4 Å². The molecule has 26 heavy (non-hydrogen) atoms. The van der Waals surface area contributed by atoms with Crippen LogP contribution in [0.2, 0.25) is 0 Å². The third-order valence-corrected chi connectivity index (χ3v) is 4.53. The zero-order valence-corrected chi connectivity index (χ0v) is 15.5. The van der Waals surface area contributed by atoms with Gasteiger partial charge >= 0.3 is 0 Å². The summed E-state index contributed by atoms with van der Waals surface area (Å²) in [7, 11) is 0.